The van der Waals surface area contributed by atoms with Crippen molar-refractivity contribution in [3.05, 3.63) is 58.1 Å². The number of hydrogen-bond donors (Lipinski definition) is 3. The zero-order chi connectivity index (χ0) is 17.7. The molecule has 24 heavy (non-hydrogen) atoms. The lowest BCUT2D eigenvalue weighted by atomic mass is 10.1. The van der Waals surface area contributed by atoms with Crippen molar-refractivity contribution in [1.29, 1.82) is 0 Å². The topological polar surface area (TPSA) is 81.9 Å². The van der Waals surface area contributed by atoms with E-state index in [1.807, 2.05) is 13.8 Å². The van der Waals surface area contributed by atoms with E-state index in [4.69, 9.17) is 11.6 Å². The predicted molar refractivity (Wildman–Crippen MR) is 95.3 cm³/mol. The molecule has 0 aliphatic rings. The van der Waals surface area contributed by atoms with Crippen LogP contribution in [0.1, 0.15) is 28.4 Å². The molecule has 0 radical (unpaired) electrons. The molecule has 2 aromatic carbocycles. The summed E-state index contributed by atoms with van der Waals surface area (Å²) in [6, 6.07) is 9.37. The van der Waals surface area contributed by atoms with Gasteiger partial charge < -0.3 is 15.5 Å². The SMILES string of the molecule is Cc1ccc(C(=O)NCC(C)N=Cc2cc(Cl)ccc2O)c(O)c1. The van der Waals surface area contributed by atoms with E-state index in [2.05, 4.69) is 10.3 Å². The molecule has 1 unspecified atom stereocenters. The van der Waals surface area contributed by atoms with Gasteiger partial charge in [-0.1, -0.05) is 17.7 Å². The Hall–Kier alpha value is -2.53. The highest BCUT2D eigenvalue weighted by molar-refractivity contribution is 6.30. The molecule has 0 aliphatic heterocycles. The maximum atomic E-state index is 12.1. The van der Waals surface area contributed by atoms with Gasteiger partial charge in [-0.2, -0.15) is 0 Å². The van der Waals surface area contributed by atoms with Gasteiger partial charge in [0.1, 0.15) is 11.5 Å². The zero-order valence-electron chi connectivity index (χ0n) is 13.5. The number of benzene rings is 2. The summed E-state index contributed by atoms with van der Waals surface area (Å²) in [5.41, 5.74) is 1.62. The van der Waals surface area contributed by atoms with Crippen molar-refractivity contribution in [2.75, 3.05) is 6.54 Å². The van der Waals surface area contributed by atoms with Crippen LogP contribution >= 0.6 is 11.6 Å². The molecule has 2 aromatic rings. The molecular weight excluding hydrogens is 328 g/mol. The van der Waals surface area contributed by atoms with Gasteiger partial charge >= 0.3 is 0 Å². The average molecular weight is 347 g/mol. The van der Waals surface area contributed by atoms with Gasteiger partial charge in [0.05, 0.1) is 11.6 Å². The number of carbonyl (C=O) groups is 1. The first-order valence-electron chi connectivity index (χ1n) is 7.46. The van der Waals surface area contributed by atoms with Crippen LogP contribution in [0.4, 0.5) is 0 Å². The largest absolute Gasteiger partial charge is 0.507 e. The Kier molecular flexibility index (Phi) is 5.82. The van der Waals surface area contributed by atoms with Crippen LogP contribution in [0.15, 0.2) is 41.4 Å². The van der Waals surface area contributed by atoms with Crippen LogP contribution < -0.4 is 5.32 Å². The van der Waals surface area contributed by atoms with E-state index >= 15 is 0 Å². The van der Waals surface area contributed by atoms with E-state index in [9.17, 15) is 15.0 Å². The molecule has 0 spiro atoms. The Labute approximate surface area is 145 Å². The number of aromatic hydroxyl groups is 2. The number of aryl methyl sites for hydroxylation is 1. The Morgan fingerprint density at radius 2 is 2.00 bits per heavy atom. The average Bonchev–Trinajstić information content (AvgIpc) is 2.53. The third kappa shape index (κ3) is 4.73. The number of aliphatic imine (C=N–C) groups is 1. The lowest BCUT2D eigenvalue weighted by Crippen LogP contribution is -2.30. The fraction of sp³-hybridized carbons (Fsp3) is 0.222. The van der Waals surface area contributed by atoms with Crippen molar-refractivity contribution >= 4 is 23.7 Å². The number of nitrogens with one attached hydrogen (secondary N) is 1. The van der Waals surface area contributed by atoms with Crippen LogP contribution in [-0.2, 0) is 0 Å². The van der Waals surface area contributed by atoms with E-state index < -0.39 is 0 Å². The van der Waals surface area contributed by atoms with E-state index in [1.165, 1.54) is 12.3 Å². The Bertz CT molecular complexity index is 775. The molecule has 6 heteroatoms. The van der Waals surface area contributed by atoms with E-state index in [0.717, 1.165) is 5.56 Å². The van der Waals surface area contributed by atoms with Crippen LogP contribution in [-0.4, -0.2) is 34.9 Å². The number of amides is 1. The van der Waals surface area contributed by atoms with Gasteiger partial charge in [0.25, 0.3) is 5.91 Å². The minimum absolute atomic E-state index is 0.0486. The molecule has 2 rings (SSSR count). The summed E-state index contributed by atoms with van der Waals surface area (Å²) in [7, 11) is 0. The molecule has 0 bridgehead atoms. The number of hydrogen-bond acceptors (Lipinski definition) is 4. The van der Waals surface area contributed by atoms with Crippen LogP contribution in [0.25, 0.3) is 0 Å². The Morgan fingerprint density at radius 3 is 2.71 bits per heavy atom. The van der Waals surface area contributed by atoms with Crippen molar-refractivity contribution in [1.82, 2.24) is 5.32 Å². The molecule has 126 valence electrons. The molecule has 0 aliphatic carbocycles. The van der Waals surface area contributed by atoms with Crippen LogP contribution in [0.2, 0.25) is 5.02 Å². The quantitative estimate of drug-likeness (QED) is 0.726. The molecule has 1 amide bonds. The molecule has 5 nitrogen and oxygen atoms in total. The summed E-state index contributed by atoms with van der Waals surface area (Å²) in [6.07, 6.45) is 1.52. The fourth-order valence-corrected chi connectivity index (χ4v) is 2.24. The predicted octanol–water partition coefficient (Wildman–Crippen LogP) is 3.30. The third-order valence-corrected chi connectivity index (χ3v) is 3.65. The number of phenols is 2. The Balaban J connectivity index is 1.95. The maximum Gasteiger partial charge on any atom is 0.255 e. The molecule has 0 fully saturated rings. The second-order valence-electron chi connectivity index (χ2n) is 5.56. The minimum Gasteiger partial charge on any atom is -0.507 e. The number of halogens is 1. The molecule has 0 heterocycles. The van der Waals surface area contributed by atoms with Gasteiger partial charge in [0.2, 0.25) is 0 Å². The smallest absolute Gasteiger partial charge is 0.255 e. The molecule has 0 saturated heterocycles. The van der Waals surface area contributed by atoms with E-state index in [0.29, 0.717) is 17.1 Å². The van der Waals surface area contributed by atoms with Crippen molar-refractivity contribution in [3.8, 4) is 11.5 Å². The van der Waals surface area contributed by atoms with Crippen LogP contribution in [0.5, 0.6) is 11.5 Å². The van der Waals surface area contributed by atoms with Crippen LogP contribution in [0, 0.1) is 6.92 Å². The van der Waals surface area contributed by atoms with Crippen molar-refractivity contribution < 1.29 is 15.0 Å². The van der Waals surface area contributed by atoms with Crippen molar-refractivity contribution in [2.45, 2.75) is 19.9 Å². The van der Waals surface area contributed by atoms with E-state index in [1.54, 1.807) is 30.3 Å². The lowest BCUT2D eigenvalue weighted by molar-refractivity contribution is 0.0949. The van der Waals surface area contributed by atoms with Gasteiger partial charge in [-0.15, -0.1) is 0 Å². The normalized spacial score (nSPS) is 12.3. The van der Waals surface area contributed by atoms with Crippen molar-refractivity contribution in [2.24, 2.45) is 4.99 Å². The highest BCUT2D eigenvalue weighted by atomic mass is 35.5. The summed E-state index contributed by atoms with van der Waals surface area (Å²) in [5, 5.41) is 22.7. The molecule has 3 N–H and O–H groups in total. The first-order chi connectivity index (χ1) is 11.4. The molecule has 0 aromatic heterocycles. The monoisotopic (exact) mass is 346 g/mol. The highest BCUT2D eigenvalue weighted by Gasteiger charge is 2.11. The highest BCUT2D eigenvalue weighted by Crippen LogP contribution is 2.20. The second-order valence-corrected chi connectivity index (χ2v) is 6.00. The van der Waals surface area contributed by atoms with Gasteiger partial charge in [0, 0.05) is 23.3 Å². The molecule has 1 atom stereocenters. The first kappa shape index (κ1) is 17.8. The third-order valence-electron chi connectivity index (χ3n) is 3.41. The zero-order valence-corrected chi connectivity index (χ0v) is 14.2. The summed E-state index contributed by atoms with van der Waals surface area (Å²) in [4.78, 5) is 16.4. The number of nitrogens with zero attached hydrogens (tertiary/aromatic N) is 1. The lowest BCUT2D eigenvalue weighted by Gasteiger charge is -2.10. The van der Waals surface area contributed by atoms with Gasteiger partial charge in [-0.25, -0.2) is 0 Å². The Morgan fingerprint density at radius 1 is 1.25 bits per heavy atom. The molecule has 0 saturated carbocycles. The maximum absolute atomic E-state index is 12.1. The number of rotatable bonds is 5. The van der Waals surface area contributed by atoms with Gasteiger partial charge in [-0.05, 0) is 49.7 Å². The number of phenolic OH excluding ortho intramolecular Hbond substituents is 2. The van der Waals surface area contributed by atoms with Crippen LogP contribution in [0.3, 0.4) is 0 Å². The summed E-state index contributed by atoms with van der Waals surface area (Å²) in [5.74, 6) is -0.323. The summed E-state index contributed by atoms with van der Waals surface area (Å²) in [6.45, 7) is 3.96. The summed E-state index contributed by atoms with van der Waals surface area (Å²) >= 11 is 5.88. The number of carbonyl (C=O) groups excluding carboxylic acids is 1. The summed E-state index contributed by atoms with van der Waals surface area (Å²) < 4.78 is 0. The fourth-order valence-electron chi connectivity index (χ4n) is 2.06. The molecular formula is C18H19ClN2O3. The van der Waals surface area contributed by atoms with Gasteiger partial charge in [-0.3, -0.25) is 9.79 Å². The van der Waals surface area contributed by atoms with Gasteiger partial charge in [0.15, 0.2) is 0 Å². The first-order valence-corrected chi connectivity index (χ1v) is 7.84. The second kappa shape index (κ2) is 7.84. The minimum atomic E-state index is -0.361. The van der Waals surface area contributed by atoms with E-state index in [-0.39, 0.29) is 29.0 Å². The standard InChI is InChI=1S/C18H19ClN2O3/c1-11-3-5-15(17(23)7-11)18(24)21-9-12(2)20-10-13-8-14(19)4-6-16(13)22/h3-8,10,12,22-23H,9H2,1-2H3,(H,21,24). The van der Waals surface area contributed by atoms with Crippen molar-refractivity contribution in [3.63, 3.8) is 0 Å².